The summed E-state index contributed by atoms with van der Waals surface area (Å²) in [5, 5.41) is 1.90. The minimum Gasteiger partial charge on any atom is -0.489 e. The van der Waals surface area contributed by atoms with E-state index in [1.165, 1.54) is 0 Å². The number of nitrogens with two attached hydrogens (primary N) is 1. The first-order valence-corrected chi connectivity index (χ1v) is 9.04. The summed E-state index contributed by atoms with van der Waals surface area (Å²) < 4.78 is 16.2. The summed E-state index contributed by atoms with van der Waals surface area (Å²) in [6.07, 6.45) is -1.15. The van der Waals surface area contributed by atoms with Crippen molar-refractivity contribution in [2.45, 2.75) is 26.6 Å². The van der Waals surface area contributed by atoms with E-state index < -0.39 is 30.6 Å². The van der Waals surface area contributed by atoms with Gasteiger partial charge in [0.15, 0.2) is 12.7 Å². The number of imide groups is 1. The Hall–Kier alpha value is -3.55. The molecule has 8 heteroatoms. The molecule has 0 aliphatic rings. The number of esters is 1. The summed E-state index contributed by atoms with van der Waals surface area (Å²) in [6.45, 7) is 3.40. The third-order valence-electron chi connectivity index (χ3n) is 3.80. The second-order valence-electron chi connectivity index (χ2n) is 6.54. The molecule has 0 aliphatic heterocycles. The Labute approximate surface area is 168 Å². The van der Waals surface area contributed by atoms with Crippen LogP contribution in [0.1, 0.15) is 19.4 Å². The van der Waals surface area contributed by atoms with Gasteiger partial charge in [0.1, 0.15) is 18.1 Å². The van der Waals surface area contributed by atoms with Crippen LogP contribution in [0.15, 0.2) is 54.6 Å². The average Bonchev–Trinajstić information content (AvgIpc) is 2.69. The van der Waals surface area contributed by atoms with E-state index in [1.54, 1.807) is 38.1 Å². The number of hydrogen-bond acceptors (Lipinski definition) is 6. The van der Waals surface area contributed by atoms with Gasteiger partial charge in [-0.1, -0.05) is 44.2 Å². The first-order chi connectivity index (χ1) is 13.8. The van der Waals surface area contributed by atoms with E-state index in [0.29, 0.717) is 18.1 Å². The molecule has 0 saturated carbocycles. The highest BCUT2D eigenvalue weighted by atomic mass is 16.6. The Balaban J connectivity index is 1.81. The molecule has 3 N–H and O–H groups in total. The van der Waals surface area contributed by atoms with Crippen LogP contribution in [0.4, 0.5) is 4.79 Å². The first-order valence-electron chi connectivity index (χ1n) is 9.04. The van der Waals surface area contributed by atoms with Crippen molar-refractivity contribution in [2.24, 2.45) is 11.7 Å². The minimum atomic E-state index is -1.15. The molecular weight excluding hydrogens is 376 g/mol. The Morgan fingerprint density at radius 2 is 1.52 bits per heavy atom. The molecule has 0 aliphatic carbocycles. The highest BCUT2D eigenvalue weighted by molar-refractivity contribution is 5.96. The van der Waals surface area contributed by atoms with E-state index in [1.807, 2.05) is 35.6 Å². The van der Waals surface area contributed by atoms with Crippen LogP contribution in [-0.2, 0) is 20.9 Å². The van der Waals surface area contributed by atoms with E-state index in [-0.39, 0.29) is 5.92 Å². The monoisotopic (exact) mass is 400 g/mol. The Bertz CT molecular complexity index is 821. The number of ether oxygens (including phenoxy) is 3. The fourth-order valence-corrected chi connectivity index (χ4v) is 2.38. The number of rotatable bonds is 9. The maximum Gasteiger partial charge on any atom is 0.344 e. The van der Waals surface area contributed by atoms with Crippen LogP contribution in [0.3, 0.4) is 0 Å². The molecule has 0 heterocycles. The van der Waals surface area contributed by atoms with E-state index in [0.717, 1.165) is 5.56 Å². The number of urea groups is 1. The van der Waals surface area contributed by atoms with Crippen molar-refractivity contribution in [1.29, 1.82) is 0 Å². The number of amides is 3. The van der Waals surface area contributed by atoms with E-state index in [2.05, 4.69) is 0 Å². The molecule has 2 rings (SSSR count). The molecule has 154 valence electrons. The molecule has 2 aromatic carbocycles. The lowest BCUT2D eigenvalue weighted by Crippen LogP contribution is -2.46. The van der Waals surface area contributed by atoms with Crippen LogP contribution < -0.4 is 20.5 Å². The molecule has 0 fully saturated rings. The van der Waals surface area contributed by atoms with Crippen molar-refractivity contribution >= 4 is 17.9 Å². The number of carbonyl (C=O) groups excluding carboxylic acids is 3. The van der Waals surface area contributed by atoms with Gasteiger partial charge < -0.3 is 19.9 Å². The third kappa shape index (κ3) is 7.53. The lowest BCUT2D eigenvalue weighted by Gasteiger charge is -2.19. The van der Waals surface area contributed by atoms with Crippen molar-refractivity contribution in [1.82, 2.24) is 5.32 Å². The van der Waals surface area contributed by atoms with Crippen LogP contribution in [0.25, 0.3) is 0 Å². The quantitative estimate of drug-likeness (QED) is 0.624. The van der Waals surface area contributed by atoms with Crippen molar-refractivity contribution in [3.63, 3.8) is 0 Å². The van der Waals surface area contributed by atoms with Crippen molar-refractivity contribution in [2.75, 3.05) is 6.61 Å². The maximum atomic E-state index is 12.0. The largest absolute Gasteiger partial charge is 0.489 e. The summed E-state index contributed by atoms with van der Waals surface area (Å²) in [6, 6.07) is 15.5. The number of benzene rings is 2. The van der Waals surface area contributed by atoms with Crippen LogP contribution in [-0.4, -0.2) is 30.6 Å². The Kier molecular flexibility index (Phi) is 8.02. The molecule has 0 saturated heterocycles. The highest BCUT2D eigenvalue weighted by Crippen LogP contribution is 2.19. The normalized spacial score (nSPS) is 11.4. The standard InChI is InChI=1S/C21H24N2O6/c1-14(2)19(20(25)23-21(22)26)29-18(24)13-28-17-10-8-16(9-11-17)27-12-15-6-4-3-5-7-15/h3-11,14,19H,12-13H2,1-2H3,(H3,22,23,25,26)/t19-/m1/s1. The van der Waals surface area contributed by atoms with Gasteiger partial charge in [0, 0.05) is 0 Å². The third-order valence-corrected chi connectivity index (χ3v) is 3.80. The number of primary amides is 1. The molecule has 0 radical (unpaired) electrons. The molecule has 0 unspecified atom stereocenters. The van der Waals surface area contributed by atoms with Gasteiger partial charge in [-0.25, -0.2) is 9.59 Å². The smallest absolute Gasteiger partial charge is 0.344 e. The van der Waals surface area contributed by atoms with Gasteiger partial charge >= 0.3 is 12.0 Å². The molecular formula is C21H24N2O6. The Morgan fingerprint density at radius 3 is 2.07 bits per heavy atom. The highest BCUT2D eigenvalue weighted by Gasteiger charge is 2.27. The molecule has 8 nitrogen and oxygen atoms in total. The van der Waals surface area contributed by atoms with Gasteiger partial charge in [-0.05, 0) is 35.7 Å². The van der Waals surface area contributed by atoms with Gasteiger partial charge in [0.2, 0.25) is 0 Å². The van der Waals surface area contributed by atoms with Crippen LogP contribution >= 0.6 is 0 Å². The fraction of sp³-hybridized carbons (Fsp3) is 0.286. The number of carbonyl (C=O) groups is 3. The average molecular weight is 400 g/mol. The summed E-state index contributed by atoms with van der Waals surface area (Å²) in [5.74, 6) is -0.767. The molecule has 29 heavy (non-hydrogen) atoms. The van der Waals surface area contributed by atoms with Crippen molar-refractivity contribution < 1.29 is 28.6 Å². The molecule has 0 bridgehead atoms. The van der Waals surface area contributed by atoms with Crippen molar-refractivity contribution in [3.8, 4) is 11.5 Å². The molecule has 1 atom stereocenters. The van der Waals surface area contributed by atoms with E-state index >= 15 is 0 Å². The second-order valence-corrected chi connectivity index (χ2v) is 6.54. The van der Waals surface area contributed by atoms with Gasteiger partial charge in [0.05, 0.1) is 0 Å². The lowest BCUT2D eigenvalue weighted by atomic mass is 10.1. The van der Waals surface area contributed by atoms with Crippen LogP contribution in [0, 0.1) is 5.92 Å². The second kappa shape index (κ2) is 10.7. The number of nitrogens with one attached hydrogen (secondary N) is 1. The predicted octanol–water partition coefficient (Wildman–Crippen LogP) is 2.41. The fourth-order valence-electron chi connectivity index (χ4n) is 2.38. The topological polar surface area (TPSA) is 117 Å². The van der Waals surface area contributed by atoms with E-state index in [9.17, 15) is 14.4 Å². The van der Waals surface area contributed by atoms with Gasteiger partial charge in [-0.2, -0.15) is 0 Å². The summed E-state index contributed by atoms with van der Waals surface area (Å²) in [5.41, 5.74) is 5.97. The zero-order chi connectivity index (χ0) is 21.2. The lowest BCUT2D eigenvalue weighted by molar-refractivity contribution is -0.160. The zero-order valence-electron chi connectivity index (χ0n) is 16.3. The molecule has 3 amide bonds. The summed E-state index contributed by atoms with van der Waals surface area (Å²) in [7, 11) is 0. The van der Waals surface area contributed by atoms with Crippen molar-refractivity contribution in [3.05, 3.63) is 60.2 Å². The SMILES string of the molecule is CC(C)[C@@H](OC(=O)COc1ccc(OCc2ccccc2)cc1)C(=O)NC(N)=O. The summed E-state index contributed by atoms with van der Waals surface area (Å²) >= 11 is 0. The maximum absolute atomic E-state index is 12.0. The molecule has 0 spiro atoms. The summed E-state index contributed by atoms with van der Waals surface area (Å²) in [4.78, 5) is 34.6. The molecule has 0 aromatic heterocycles. The van der Waals surface area contributed by atoms with Gasteiger partial charge in [-0.3, -0.25) is 10.1 Å². The number of hydrogen-bond donors (Lipinski definition) is 2. The zero-order valence-corrected chi connectivity index (χ0v) is 16.3. The Morgan fingerprint density at radius 1 is 0.931 bits per heavy atom. The minimum absolute atomic E-state index is 0.348. The predicted molar refractivity (Wildman–Crippen MR) is 105 cm³/mol. The van der Waals surface area contributed by atoms with E-state index in [4.69, 9.17) is 19.9 Å². The van der Waals surface area contributed by atoms with Crippen LogP contribution in [0.5, 0.6) is 11.5 Å². The van der Waals surface area contributed by atoms with Crippen LogP contribution in [0.2, 0.25) is 0 Å². The first kappa shape index (κ1) is 21.7. The molecule has 2 aromatic rings. The van der Waals surface area contributed by atoms with Gasteiger partial charge in [-0.15, -0.1) is 0 Å². The van der Waals surface area contributed by atoms with Gasteiger partial charge in [0.25, 0.3) is 5.91 Å².